The molecule has 0 spiro atoms. The van der Waals surface area contributed by atoms with E-state index >= 15 is 0 Å². The fourth-order valence-corrected chi connectivity index (χ4v) is 5.68. The van der Waals surface area contributed by atoms with Crippen LogP contribution in [0.5, 0.6) is 0 Å². The molecule has 1 heterocycles. The van der Waals surface area contributed by atoms with Gasteiger partial charge in [-0.1, -0.05) is 137 Å². The van der Waals surface area contributed by atoms with Crippen LogP contribution >= 0.6 is 7.82 Å². The Balaban J connectivity index is 2.20. The second-order valence-corrected chi connectivity index (χ2v) is 14.9. The molecule has 3 atom stereocenters. The Hall–Kier alpha value is -3.07. The summed E-state index contributed by atoms with van der Waals surface area (Å²) in [5.41, 5.74) is 0. The third kappa shape index (κ3) is 35.1. The number of esters is 2. The maximum Gasteiger partial charge on any atom is 0.469 e. The van der Waals surface area contributed by atoms with Crippen LogP contribution in [0.4, 0.5) is 0 Å². The van der Waals surface area contributed by atoms with Gasteiger partial charge in [0.2, 0.25) is 0 Å². The maximum absolute atomic E-state index is 12.5. The van der Waals surface area contributed by atoms with Crippen molar-refractivity contribution in [2.45, 2.75) is 161 Å². The lowest BCUT2D eigenvalue weighted by Gasteiger charge is -2.18. The molecule has 1 rings (SSSR count). The zero-order chi connectivity index (χ0) is 40.1. The Morgan fingerprint density at radius 1 is 0.582 bits per heavy atom. The van der Waals surface area contributed by atoms with Crippen molar-refractivity contribution in [2.75, 3.05) is 13.2 Å². The zero-order valence-corrected chi connectivity index (χ0v) is 34.6. The number of rotatable bonds is 35. The first-order valence-electron chi connectivity index (χ1n) is 20.7. The minimum absolute atomic E-state index is 0.100. The van der Waals surface area contributed by atoms with E-state index in [0.717, 1.165) is 51.4 Å². The van der Waals surface area contributed by atoms with Crippen LogP contribution in [-0.4, -0.2) is 53.3 Å². The summed E-state index contributed by atoms with van der Waals surface area (Å²) in [6.07, 6.45) is 51.6. The van der Waals surface area contributed by atoms with E-state index in [1.54, 1.807) is 0 Å². The lowest BCUT2D eigenvalue weighted by atomic mass is 10.1. The molecule has 1 saturated heterocycles. The summed E-state index contributed by atoms with van der Waals surface area (Å²) in [7, 11) is -4.80. The van der Waals surface area contributed by atoms with Crippen LogP contribution in [0.1, 0.15) is 142 Å². The highest BCUT2D eigenvalue weighted by Crippen LogP contribution is 2.36. The number of epoxide rings is 1. The second kappa shape index (κ2) is 35.4. The first-order valence-corrected chi connectivity index (χ1v) is 22.2. The lowest BCUT2D eigenvalue weighted by molar-refractivity contribution is -0.161. The fourth-order valence-electron chi connectivity index (χ4n) is 5.32. The van der Waals surface area contributed by atoms with Gasteiger partial charge in [0.25, 0.3) is 0 Å². The normalized spacial score (nSPS) is 17.2. The van der Waals surface area contributed by atoms with Gasteiger partial charge >= 0.3 is 19.8 Å². The molecule has 0 aromatic rings. The topological polar surface area (TPSA) is 132 Å². The number of carbonyl (C=O) groups excluding carboxylic acids is 2. The van der Waals surface area contributed by atoms with Gasteiger partial charge in [0.15, 0.2) is 6.10 Å². The first-order chi connectivity index (χ1) is 26.7. The largest absolute Gasteiger partial charge is 0.469 e. The van der Waals surface area contributed by atoms with Crippen molar-refractivity contribution >= 4 is 19.8 Å². The minimum Gasteiger partial charge on any atom is -0.462 e. The summed E-state index contributed by atoms with van der Waals surface area (Å²) < 4.78 is 32.0. The molecule has 1 aliphatic rings. The number of hydrogen-bond donors (Lipinski definition) is 2. The molecule has 2 N–H and O–H groups in total. The third-order valence-electron chi connectivity index (χ3n) is 8.51. The molecule has 310 valence electrons. The highest BCUT2D eigenvalue weighted by molar-refractivity contribution is 7.46. The predicted octanol–water partition coefficient (Wildman–Crippen LogP) is 11.6. The van der Waals surface area contributed by atoms with E-state index in [4.69, 9.17) is 24.0 Å². The first kappa shape index (κ1) is 49.9. The molecule has 10 heteroatoms. The van der Waals surface area contributed by atoms with E-state index in [-0.39, 0.29) is 31.7 Å². The molecule has 0 aliphatic carbocycles. The molecule has 0 saturated carbocycles. The Morgan fingerprint density at radius 3 is 1.55 bits per heavy atom. The van der Waals surface area contributed by atoms with E-state index in [2.05, 4.69) is 103 Å². The number of phosphoric ester groups is 1. The molecule has 0 bridgehead atoms. The van der Waals surface area contributed by atoms with E-state index < -0.39 is 32.5 Å². The van der Waals surface area contributed by atoms with Gasteiger partial charge in [-0.05, 0) is 89.9 Å². The Kier molecular flexibility index (Phi) is 32.1. The number of allylic oxidation sites excluding steroid dienone is 15. The van der Waals surface area contributed by atoms with Crippen molar-refractivity contribution in [1.82, 2.24) is 0 Å². The van der Waals surface area contributed by atoms with Crippen molar-refractivity contribution in [2.24, 2.45) is 0 Å². The van der Waals surface area contributed by atoms with Gasteiger partial charge in [-0.25, -0.2) is 4.57 Å². The van der Waals surface area contributed by atoms with Gasteiger partial charge in [0, 0.05) is 12.8 Å². The summed E-state index contributed by atoms with van der Waals surface area (Å²) >= 11 is 0. The van der Waals surface area contributed by atoms with Crippen LogP contribution in [0.2, 0.25) is 0 Å². The molecule has 55 heavy (non-hydrogen) atoms. The summed E-state index contributed by atoms with van der Waals surface area (Å²) in [5.74, 6) is -1.07. The number of carbonyl (C=O) groups is 2. The van der Waals surface area contributed by atoms with Crippen molar-refractivity contribution in [3.63, 3.8) is 0 Å². The monoisotopic (exact) mass is 786 g/mol. The smallest absolute Gasteiger partial charge is 0.462 e. The number of ether oxygens (including phenoxy) is 3. The molecule has 0 aromatic heterocycles. The number of unbranched alkanes of at least 4 members (excludes halogenated alkanes) is 6. The van der Waals surface area contributed by atoms with Gasteiger partial charge < -0.3 is 24.0 Å². The molecule has 0 radical (unpaired) electrons. The predicted molar refractivity (Wildman–Crippen MR) is 224 cm³/mol. The maximum atomic E-state index is 12.5. The molecule has 0 aromatic carbocycles. The quantitative estimate of drug-likeness (QED) is 0.0212. The third-order valence-corrected chi connectivity index (χ3v) is 9.00. The van der Waals surface area contributed by atoms with E-state index in [0.29, 0.717) is 19.3 Å². The number of phosphoric acid groups is 1. The Morgan fingerprint density at radius 2 is 1.05 bits per heavy atom. The summed E-state index contributed by atoms with van der Waals surface area (Å²) in [5, 5.41) is 0. The molecule has 9 nitrogen and oxygen atoms in total. The van der Waals surface area contributed by atoms with Crippen molar-refractivity contribution in [1.29, 1.82) is 0 Å². The van der Waals surface area contributed by atoms with Gasteiger partial charge in [0.1, 0.15) is 6.61 Å². The van der Waals surface area contributed by atoms with Gasteiger partial charge in [-0.2, -0.15) is 0 Å². The SMILES string of the molecule is CCCCC/C=C\C/C=C\C/C=C\C/C=C\C/C=C\CCC(=O)OC[C@H](COP(=O)(O)O)OC(=O)CCCC1OC1C/C=C\C/C=C\C/C=C\CCCCC. The fraction of sp³-hybridized carbons (Fsp3) is 0.600. The van der Waals surface area contributed by atoms with E-state index in [9.17, 15) is 14.2 Å². The average Bonchev–Trinajstić information content (AvgIpc) is 3.91. The minimum atomic E-state index is -4.80. The molecular formula is C45H71O9P. The Bertz CT molecular complexity index is 1270. The lowest BCUT2D eigenvalue weighted by Crippen LogP contribution is -2.29. The van der Waals surface area contributed by atoms with Crippen LogP contribution in [0.15, 0.2) is 97.2 Å². The van der Waals surface area contributed by atoms with Crippen molar-refractivity contribution in [3.8, 4) is 0 Å². The number of hydrogen-bond acceptors (Lipinski definition) is 7. The van der Waals surface area contributed by atoms with Gasteiger partial charge in [0.05, 0.1) is 18.8 Å². The average molecular weight is 787 g/mol. The van der Waals surface area contributed by atoms with Crippen LogP contribution in [0.3, 0.4) is 0 Å². The van der Waals surface area contributed by atoms with Crippen LogP contribution in [0.25, 0.3) is 0 Å². The second-order valence-electron chi connectivity index (χ2n) is 13.6. The molecular weight excluding hydrogens is 715 g/mol. The van der Waals surface area contributed by atoms with E-state index in [1.165, 1.54) is 44.9 Å². The van der Waals surface area contributed by atoms with Gasteiger partial charge in [-0.3, -0.25) is 14.1 Å². The summed E-state index contributed by atoms with van der Waals surface area (Å²) in [6.45, 7) is 3.48. The van der Waals surface area contributed by atoms with Crippen molar-refractivity contribution in [3.05, 3.63) is 97.2 Å². The molecule has 1 aliphatic heterocycles. The Labute approximate surface area is 332 Å². The standard InChI is InChI=1S/C45H71O9P/c1-3-5-7-9-11-13-15-17-18-19-20-21-22-23-25-27-29-31-33-37-44(46)51-39-41(40-52-55(48,49)50)53-45(47)38-34-36-43-42(54-43)35-32-30-28-26-24-16-14-12-10-8-6-4-2/h11-14,17-18,20-21,23-26,29-32,41-43H,3-10,15-16,19,22,27-28,33-40H2,1-2H3,(H2,48,49,50)/b13-11-,14-12-,18-17-,21-20-,25-23-,26-24-,31-29-,32-30-/t41-,42?,43?/m1/s1. The van der Waals surface area contributed by atoms with Gasteiger partial charge in [-0.15, -0.1) is 0 Å². The van der Waals surface area contributed by atoms with Crippen molar-refractivity contribution < 1.29 is 42.7 Å². The van der Waals surface area contributed by atoms with Crippen LogP contribution in [0, 0.1) is 0 Å². The molecule has 2 unspecified atom stereocenters. The van der Waals surface area contributed by atoms with E-state index in [1.807, 2.05) is 12.2 Å². The summed E-state index contributed by atoms with van der Waals surface area (Å²) in [6, 6.07) is 0. The zero-order valence-electron chi connectivity index (χ0n) is 33.7. The van der Waals surface area contributed by atoms with Crippen LogP contribution < -0.4 is 0 Å². The molecule has 0 amide bonds. The van der Waals surface area contributed by atoms with Crippen LogP contribution in [-0.2, 0) is 32.9 Å². The molecule has 1 fully saturated rings. The highest BCUT2D eigenvalue weighted by atomic mass is 31.2. The summed E-state index contributed by atoms with van der Waals surface area (Å²) in [4.78, 5) is 42.9. The highest BCUT2D eigenvalue weighted by Gasteiger charge is 2.36.